The molecule has 0 bridgehead atoms. The van der Waals surface area contributed by atoms with Gasteiger partial charge in [0.15, 0.2) is 0 Å². The molecule has 19 heavy (non-hydrogen) atoms. The van der Waals surface area contributed by atoms with Gasteiger partial charge in [-0.15, -0.1) is 0 Å². The molecule has 106 valence electrons. The van der Waals surface area contributed by atoms with E-state index < -0.39 is 5.97 Å². The number of carbonyl (C=O) groups is 1. The van der Waals surface area contributed by atoms with Crippen LogP contribution < -0.4 is 4.74 Å². The summed E-state index contributed by atoms with van der Waals surface area (Å²) in [7, 11) is 0. The fourth-order valence-electron chi connectivity index (χ4n) is 1.87. The second-order valence-corrected chi connectivity index (χ2v) is 6.00. The maximum atomic E-state index is 10.3. The second kappa shape index (κ2) is 8.10. The van der Waals surface area contributed by atoms with Crippen molar-refractivity contribution in [3.05, 3.63) is 29.3 Å². The Labute approximate surface area is 119 Å². The second-order valence-electron chi connectivity index (χ2n) is 4.78. The summed E-state index contributed by atoms with van der Waals surface area (Å²) in [5, 5.41) is 8.50. The summed E-state index contributed by atoms with van der Waals surface area (Å²) >= 11 is 1.61. The first-order valence-electron chi connectivity index (χ1n) is 6.53. The predicted molar refractivity (Wildman–Crippen MR) is 80.3 cm³/mol. The molecule has 0 saturated heterocycles. The number of carboxylic acids is 1. The molecule has 0 fully saturated rings. The smallest absolute Gasteiger partial charge is 0.304 e. The third kappa shape index (κ3) is 6.01. The molecule has 0 aliphatic rings. The highest BCUT2D eigenvalue weighted by molar-refractivity contribution is 7.99. The molecule has 1 aromatic rings. The lowest BCUT2D eigenvalue weighted by atomic mass is 9.98. The van der Waals surface area contributed by atoms with Crippen molar-refractivity contribution in [2.75, 3.05) is 18.1 Å². The van der Waals surface area contributed by atoms with Crippen LogP contribution in [-0.4, -0.2) is 29.2 Å². The van der Waals surface area contributed by atoms with Crippen LogP contribution in [0.4, 0.5) is 0 Å². The normalized spacial score (nSPS) is 10.7. The zero-order chi connectivity index (χ0) is 14.3. The minimum absolute atomic E-state index is 0.215. The van der Waals surface area contributed by atoms with Gasteiger partial charge in [-0.25, -0.2) is 0 Å². The fourth-order valence-corrected chi connectivity index (χ4v) is 2.59. The molecular weight excluding hydrogens is 260 g/mol. The first-order valence-corrected chi connectivity index (χ1v) is 7.69. The van der Waals surface area contributed by atoms with E-state index in [1.54, 1.807) is 11.8 Å². The van der Waals surface area contributed by atoms with Gasteiger partial charge in [0.1, 0.15) is 5.75 Å². The van der Waals surface area contributed by atoms with Crippen molar-refractivity contribution < 1.29 is 14.6 Å². The molecule has 0 amide bonds. The summed E-state index contributed by atoms with van der Waals surface area (Å²) in [6, 6.07) is 6.19. The number of aryl methyl sites for hydroxylation is 1. The van der Waals surface area contributed by atoms with E-state index >= 15 is 0 Å². The third-order valence-electron chi connectivity index (χ3n) is 2.82. The third-order valence-corrected chi connectivity index (χ3v) is 3.77. The van der Waals surface area contributed by atoms with Gasteiger partial charge in [0.25, 0.3) is 0 Å². The van der Waals surface area contributed by atoms with Gasteiger partial charge in [-0.05, 0) is 36.1 Å². The van der Waals surface area contributed by atoms with Crippen molar-refractivity contribution in [2.24, 2.45) is 0 Å². The molecule has 0 aliphatic heterocycles. The van der Waals surface area contributed by atoms with Gasteiger partial charge in [0.05, 0.1) is 13.0 Å². The predicted octanol–water partition coefficient (Wildman–Crippen LogP) is 3.71. The molecule has 0 atom stereocenters. The molecule has 0 aromatic heterocycles. The average molecular weight is 282 g/mol. The Hall–Kier alpha value is -1.16. The minimum atomic E-state index is -0.742. The topological polar surface area (TPSA) is 46.5 Å². The van der Waals surface area contributed by atoms with E-state index in [0.29, 0.717) is 18.3 Å². The number of aliphatic carboxylic acids is 1. The van der Waals surface area contributed by atoms with Crippen LogP contribution in [0.3, 0.4) is 0 Å². The fraction of sp³-hybridized carbons (Fsp3) is 0.533. The van der Waals surface area contributed by atoms with Gasteiger partial charge >= 0.3 is 5.97 Å². The van der Waals surface area contributed by atoms with E-state index in [-0.39, 0.29) is 6.42 Å². The summed E-state index contributed by atoms with van der Waals surface area (Å²) in [4.78, 5) is 10.3. The molecule has 1 aromatic carbocycles. The zero-order valence-corrected chi connectivity index (χ0v) is 12.6. The number of carboxylic acid groups (broad SMARTS) is 1. The van der Waals surface area contributed by atoms with Gasteiger partial charge in [-0.1, -0.05) is 19.9 Å². The highest BCUT2D eigenvalue weighted by Gasteiger charge is 2.04. The van der Waals surface area contributed by atoms with Crippen LogP contribution in [0.15, 0.2) is 18.2 Å². The Balaban J connectivity index is 2.30. The summed E-state index contributed by atoms with van der Waals surface area (Å²) in [6.07, 6.45) is 0.215. The maximum absolute atomic E-state index is 10.3. The Kier molecular flexibility index (Phi) is 6.78. The number of rotatable bonds is 8. The standard InChI is InChI=1S/C15H22O3S/c1-11(2)14-5-4-13(10-12(14)3)18-7-9-19-8-6-15(16)17/h4-5,10-11H,6-9H2,1-3H3,(H,16,17). The number of thioether (sulfide) groups is 1. The van der Waals surface area contributed by atoms with Crippen LogP contribution >= 0.6 is 11.8 Å². The van der Waals surface area contributed by atoms with E-state index in [1.165, 1.54) is 11.1 Å². The van der Waals surface area contributed by atoms with Gasteiger partial charge in [-0.3, -0.25) is 4.79 Å². The molecule has 4 heteroatoms. The number of benzene rings is 1. The molecule has 0 radical (unpaired) electrons. The van der Waals surface area contributed by atoms with Crippen molar-refractivity contribution in [2.45, 2.75) is 33.1 Å². The molecule has 0 unspecified atom stereocenters. The van der Waals surface area contributed by atoms with Crippen LogP contribution in [0, 0.1) is 6.92 Å². The molecular formula is C15H22O3S. The lowest BCUT2D eigenvalue weighted by molar-refractivity contribution is -0.136. The van der Waals surface area contributed by atoms with Crippen LogP contribution in [-0.2, 0) is 4.79 Å². The lowest BCUT2D eigenvalue weighted by Gasteiger charge is -2.12. The Morgan fingerprint density at radius 1 is 1.37 bits per heavy atom. The number of hydrogen-bond donors (Lipinski definition) is 1. The summed E-state index contributed by atoms with van der Waals surface area (Å²) < 4.78 is 5.66. The van der Waals surface area contributed by atoms with E-state index in [2.05, 4.69) is 32.9 Å². The van der Waals surface area contributed by atoms with Gasteiger partial charge in [-0.2, -0.15) is 11.8 Å². The molecule has 1 N–H and O–H groups in total. The van der Waals surface area contributed by atoms with E-state index in [0.717, 1.165) is 11.5 Å². The van der Waals surface area contributed by atoms with Crippen molar-refractivity contribution in [1.29, 1.82) is 0 Å². The van der Waals surface area contributed by atoms with E-state index in [9.17, 15) is 4.79 Å². The largest absolute Gasteiger partial charge is 0.493 e. The quantitative estimate of drug-likeness (QED) is 0.738. The molecule has 1 rings (SSSR count). The lowest BCUT2D eigenvalue weighted by Crippen LogP contribution is -2.03. The Morgan fingerprint density at radius 2 is 2.11 bits per heavy atom. The Morgan fingerprint density at radius 3 is 2.68 bits per heavy atom. The monoisotopic (exact) mass is 282 g/mol. The number of hydrogen-bond acceptors (Lipinski definition) is 3. The van der Waals surface area contributed by atoms with Crippen LogP contribution in [0.5, 0.6) is 5.75 Å². The number of ether oxygens (including phenoxy) is 1. The van der Waals surface area contributed by atoms with Gasteiger partial charge in [0.2, 0.25) is 0 Å². The van der Waals surface area contributed by atoms with Crippen LogP contribution in [0.1, 0.15) is 37.3 Å². The van der Waals surface area contributed by atoms with Crippen molar-refractivity contribution in [3.63, 3.8) is 0 Å². The van der Waals surface area contributed by atoms with Gasteiger partial charge in [0, 0.05) is 11.5 Å². The van der Waals surface area contributed by atoms with Crippen molar-refractivity contribution in [1.82, 2.24) is 0 Å². The average Bonchev–Trinajstić information content (AvgIpc) is 2.32. The molecule has 0 saturated carbocycles. The van der Waals surface area contributed by atoms with Crippen molar-refractivity contribution in [3.8, 4) is 5.75 Å². The van der Waals surface area contributed by atoms with E-state index in [1.807, 2.05) is 6.07 Å². The highest BCUT2D eigenvalue weighted by Crippen LogP contribution is 2.23. The maximum Gasteiger partial charge on any atom is 0.304 e. The summed E-state index contributed by atoms with van der Waals surface area (Å²) in [6.45, 7) is 7.08. The SMILES string of the molecule is Cc1cc(OCCSCCC(=O)O)ccc1C(C)C. The van der Waals surface area contributed by atoms with Crippen LogP contribution in [0.25, 0.3) is 0 Å². The minimum Gasteiger partial charge on any atom is -0.493 e. The van der Waals surface area contributed by atoms with Crippen LogP contribution in [0.2, 0.25) is 0 Å². The zero-order valence-electron chi connectivity index (χ0n) is 11.8. The molecule has 0 aliphatic carbocycles. The molecule has 0 spiro atoms. The summed E-state index contributed by atoms with van der Waals surface area (Å²) in [5.41, 5.74) is 2.61. The van der Waals surface area contributed by atoms with E-state index in [4.69, 9.17) is 9.84 Å². The van der Waals surface area contributed by atoms with Crippen molar-refractivity contribution >= 4 is 17.7 Å². The molecule has 3 nitrogen and oxygen atoms in total. The summed E-state index contributed by atoms with van der Waals surface area (Å²) in [5.74, 6) is 2.14. The molecule has 0 heterocycles. The van der Waals surface area contributed by atoms with Gasteiger partial charge < -0.3 is 9.84 Å². The first-order chi connectivity index (χ1) is 9.00. The first kappa shape index (κ1) is 15.9. The Bertz CT molecular complexity index is 416. The highest BCUT2D eigenvalue weighted by atomic mass is 32.2.